The molecule has 0 radical (unpaired) electrons. The number of halogens is 1. The van der Waals surface area contributed by atoms with Gasteiger partial charge in [0.2, 0.25) is 0 Å². The van der Waals surface area contributed by atoms with E-state index in [9.17, 15) is 12.8 Å². The molecule has 0 fully saturated rings. The van der Waals surface area contributed by atoms with Gasteiger partial charge in [0.15, 0.2) is 0 Å². The lowest BCUT2D eigenvalue weighted by molar-refractivity contribution is 0.600. The number of nitrogens with two attached hydrogens (primary N) is 1. The maximum absolute atomic E-state index is 13.0. The van der Waals surface area contributed by atoms with Gasteiger partial charge in [-0.1, -0.05) is 0 Å². The minimum atomic E-state index is -3.78. The zero-order valence-corrected chi connectivity index (χ0v) is 9.99. The number of hydrogen-bond acceptors (Lipinski definition) is 4. The van der Waals surface area contributed by atoms with Gasteiger partial charge < -0.3 is 5.73 Å². The highest BCUT2D eigenvalue weighted by Gasteiger charge is 2.15. The molecule has 0 amide bonds. The van der Waals surface area contributed by atoms with Crippen LogP contribution in [-0.4, -0.2) is 13.4 Å². The number of pyridine rings is 1. The summed E-state index contributed by atoms with van der Waals surface area (Å²) in [6.07, 6.45) is 2.91. The Bertz CT molecular complexity index is 659. The minimum Gasteiger partial charge on any atom is -0.396 e. The molecular weight excluding hydrogens is 257 g/mol. The van der Waals surface area contributed by atoms with Gasteiger partial charge in [-0.2, -0.15) is 0 Å². The van der Waals surface area contributed by atoms with E-state index >= 15 is 0 Å². The Morgan fingerprint density at radius 1 is 1.17 bits per heavy atom. The highest BCUT2D eigenvalue weighted by molar-refractivity contribution is 7.92. The molecule has 7 heteroatoms. The third-order valence-corrected chi connectivity index (χ3v) is 3.59. The van der Waals surface area contributed by atoms with Crippen LogP contribution in [0.4, 0.5) is 15.8 Å². The molecule has 0 unspecified atom stereocenters. The summed E-state index contributed by atoms with van der Waals surface area (Å²) in [5.74, 6) is -0.655. The Morgan fingerprint density at radius 3 is 2.44 bits per heavy atom. The number of anilines is 2. The second kappa shape index (κ2) is 4.61. The maximum Gasteiger partial charge on any atom is 0.261 e. The van der Waals surface area contributed by atoms with Crippen LogP contribution in [0, 0.1) is 5.82 Å². The van der Waals surface area contributed by atoms with Crippen LogP contribution in [-0.2, 0) is 10.0 Å². The molecule has 0 aliphatic heterocycles. The second-order valence-corrected chi connectivity index (χ2v) is 5.21. The molecule has 5 nitrogen and oxygen atoms in total. The summed E-state index contributed by atoms with van der Waals surface area (Å²) in [7, 11) is -3.78. The van der Waals surface area contributed by atoms with Crippen LogP contribution in [0.25, 0.3) is 0 Å². The van der Waals surface area contributed by atoms with Crippen molar-refractivity contribution < 1.29 is 12.8 Å². The minimum absolute atomic E-state index is 0.0989. The first-order valence-corrected chi connectivity index (χ1v) is 6.45. The largest absolute Gasteiger partial charge is 0.396 e. The lowest BCUT2D eigenvalue weighted by atomic mass is 10.3. The molecule has 0 aliphatic rings. The third kappa shape index (κ3) is 2.57. The van der Waals surface area contributed by atoms with Crippen molar-refractivity contribution in [3.63, 3.8) is 0 Å². The van der Waals surface area contributed by atoms with E-state index in [1.807, 2.05) is 0 Å². The normalized spacial score (nSPS) is 11.2. The van der Waals surface area contributed by atoms with Gasteiger partial charge in [0.1, 0.15) is 5.82 Å². The monoisotopic (exact) mass is 267 g/mol. The molecule has 0 saturated heterocycles. The fourth-order valence-electron chi connectivity index (χ4n) is 1.32. The first-order valence-electron chi connectivity index (χ1n) is 4.97. The average Bonchev–Trinajstić information content (AvgIpc) is 2.33. The fraction of sp³-hybridized carbons (Fsp3) is 0. The van der Waals surface area contributed by atoms with Crippen molar-refractivity contribution in [2.24, 2.45) is 0 Å². The lowest BCUT2D eigenvalue weighted by Gasteiger charge is -2.08. The van der Waals surface area contributed by atoms with E-state index in [4.69, 9.17) is 5.73 Å². The van der Waals surface area contributed by atoms with Crippen LogP contribution < -0.4 is 10.5 Å². The molecule has 2 rings (SSSR count). The van der Waals surface area contributed by atoms with E-state index in [0.717, 1.165) is 18.2 Å². The molecule has 2 aromatic rings. The standard InChI is InChI=1S/C11H10FN3O2S/c12-10-2-1-9(7-11(10)13)18(16,17)15-8-3-5-14-6-4-8/h1-7H,13H2,(H,14,15). The van der Waals surface area contributed by atoms with Crippen LogP contribution in [0.1, 0.15) is 0 Å². The van der Waals surface area contributed by atoms with Gasteiger partial charge >= 0.3 is 0 Å². The Hall–Kier alpha value is -2.15. The first kappa shape index (κ1) is 12.3. The lowest BCUT2D eigenvalue weighted by Crippen LogP contribution is -2.13. The number of hydrogen-bond donors (Lipinski definition) is 2. The van der Waals surface area contributed by atoms with E-state index in [1.54, 1.807) is 0 Å². The molecule has 1 aromatic carbocycles. The van der Waals surface area contributed by atoms with Gasteiger partial charge in [0.25, 0.3) is 10.0 Å². The van der Waals surface area contributed by atoms with Crippen molar-refractivity contribution in [1.29, 1.82) is 0 Å². The van der Waals surface area contributed by atoms with Crippen LogP contribution >= 0.6 is 0 Å². The summed E-state index contributed by atoms with van der Waals surface area (Å²) in [6.45, 7) is 0. The molecular formula is C11H10FN3O2S. The highest BCUT2D eigenvalue weighted by Crippen LogP contribution is 2.19. The fourth-order valence-corrected chi connectivity index (χ4v) is 2.42. The van der Waals surface area contributed by atoms with Gasteiger partial charge in [0.05, 0.1) is 16.3 Å². The Balaban J connectivity index is 2.34. The smallest absolute Gasteiger partial charge is 0.261 e. The van der Waals surface area contributed by atoms with E-state index < -0.39 is 15.8 Å². The van der Waals surface area contributed by atoms with Gasteiger partial charge in [0, 0.05) is 12.4 Å². The summed E-state index contributed by atoms with van der Waals surface area (Å²) in [5.41, 5.74) is 5.49. The third-order valence-electron chi connectivity index (χ3n) is 2.21. The van der Waals surface area contributed by atoms with Gasteiger partial charge in [-0.3, -0.25) is 9.71 Å². The predicted molar refractivity (Wildman–Crippen MR) is 65.9 cm³/mol. The number of benzene rings is 1. The summed E-state index contributed by atoms with van der Waals surface area (Å²) < 4.78 is 39.2. The number of aromatic nitrogens is 1. The van der Waals surface area contributed by atoms with E-state index in [0.29, 0.717) is 5.69 Å². The predicted octanol–water partition coefficient (Wildman–Crippen LogP) is 1.60. The van der Waals surface area contributed by atoms with Gasteiger partial charge in [-0.05, 0) is 30.3 Å². The molecule has 18 heavy (non-hydrogen) atoms. The summed E-state index contributed by atoms with van der Waals surface area (Å²) in [5, 5.41) is 0. The zero-order chi connectivity index (χ0) is 13.2. The molecule has 0 bridgehead atoms. The molecule has 3 N–H and O–H groups in total. The van der Waals surface area contributed by atoms with Crippen LogP contribution in [0.2, 0.25) is 0 Å². The number of nitrogen functional groups attached to an aromatic ring is 1. The average molecular weight is 267 g/mol. The second-order valence-electron chi connectivity index (χ2n) is 3.52. The number of nitrogens with one attached hydrogen (secondary N) is 1. The number of rotatable bonds is 3. The van der Waals surface area contributed by atoms with Crippen LogP contribution in [0.5, 0.6) is 0 Å². The van der Waals surface area contributed by atoms with Crippen LogP contribution in [0.15, 0.2) is 47.6 Å². The molecule has 0 atom stereocenters. The van der Waals surface area contributed by atoms with Crippen molar-refractivity contribution in [2.75, 3.05) is 10.5 Å². The van der Waals surface area contributed by atoms with E-state index in [1.165, 1.54) is 24.5 Å². The molecule has 94 valence electrons. The summed E-state index contributed by atoms with van der Waals surface area (Å²) in [6, 6.07) is 6.24. The van der Waals surface area contributed by atoms with Crippen molar-refractivity contribution in [2.45, 2.75) is 4.90 Å². The SMILES string of the molecule is Nc1cc(S(=O)(=O)Nc2ccncc2)ccc1F. The van der Waals surface area contributed by atoms with Crippen molar-refractivity contribution in [3.8, 4) is 0 Å². The summed E-state index contributed by atoms with van der Waals surface area (Å²) >= 11 is 0. The van der Waals surface area contributed by atoms with Crippen molar-refractivity contribution in [3.05, 3.63) is 48.5 Å². The molecule has 1 aromatic heterocycles. The highest BCUT2D eigenvalue weighted by atomic mass is 32.2. The van der Waals surface area contributed by atoms with E-state index in [-0.39, 0.29) is 10.6 Å². The number of nitrogens with zero attached hydrogens (tertiary/aromatic N) is 1. The topological polar surface area (TPSA) is 85.1 Å². The Morgan fingerprint density at radius 2 is 1.83 bits per heavy atom. The first-order chi connectivity index (χ1) is 8.49. The zero-order valence-electron chi connectivity index (χ0n) is 9.17. The van der Waals surface area contributed by atoms with Gasteiger partial charge in [-0.15, -0.1) is 0 Å². The Labute approximate surface area is 104 Å². The number of sulfonamides is 1. The summed E-state index contributed by atoms with van der Waals surface area (Å²) in [4.78, 5) is 3.67. The van der Waals surface area contributed by atoms with Crippen molar-refractivity contribution in [1.82, 2.24) is 4.98 Å². The van der Waals surface area contributed by atoms with Crippen LogP contribution in [0.3, 0.4) is 0 Å². The van der Waals surface area contributed by atoms with Gasteiger partial charge in [-0.25, -0.2) is 12.8 Å². The quantitative estimate of drug-likeness (QED) is 0.827. The molecule has 0 aliphatic carbocycles. The van der Waals surface area contributed by atoms with E-state index in [2.05, 4.69) is 9.71 Å². The van der Waals surface area contributed by atoms with Crippen molar-refractivity contribution >= 4 is 21.4 Å². The molecule has 0 spiro atoms. The molecule has 0 saturated carbocycles. The molecule has 1 heterocycles. The Kier molecular flexibility index (Phi) is 3.15. The maximum atomic E-state index is 13.0.